The maximum absolute atomic E-state index is 13.2. The zero-order valence-corrected chi connectivity index (χ0v) is 20.6. The molecule has 184 valence electrons. The number of amides is 1. The lowest BCUT2D eigenvalue weighted by molar-refractivity contribution is -0.0212. The van der Waals surface area contributed by atoms with E-state index in [9.17, 15) is 13.2 Å². The predicted molar refractivity (Wildman–Crippen MR) is 131 cm³/mol. The predicted octanol–water partition coefficient (Wildman–Crippen LogP) is 3.34. The van der Waals surface area contributed by atoms with Crippen molar-refractivity contribution in [3.8, 4) is 5.75 Å². The van der Waals surface area contributed by atoms with Crippen molar-refractivity contribution in [2.45, 2.75) is 44.2 Å². The van der Waals surface area contributed by atoms with Gasteiger partial charge in [0.25, 0.3) is 5.91 Å². The SMILES string of the molecule is CCOc1ccc(NC(=O)c2ccc(CN3CCOC(C)C3)cc2)cc1S(=O)(=O)N1CCCC1. The summed E-state index contributed by atoms with van der Waals surface area (Å²) in [6, 6.07) is 12.3. The van der Waals surface area contributed by atoms with Crippen LogP contribution in [0.5, 0.6) is 5.75 Å². The molecule has 2 aliphatic rings. The topological polar surface area (TPSA) is 88.2 Å². The lowest BCUT2D eigenvalue weighted by Crippen LogP contribution is -2.40. The van der Waals surface area contributed by atoms with E-state index in [1.165, 1.54) is 10.4 Å². The number of benzene rings is 2. The fraction of sp³-hybridized carbons (Fsp3) is 0.480. The van der Waals surface area contributed by atoms with Crippen LogP contribution in [0.3, 0.4) is 0 Å². The third kappa shape index (κ3) is 5.78. The third-order valence-electron chi connectivity index (χ3n) is 6.13. The molecule has 2 fully saturated rings. The molecular weight excluding hydrogens is 454 g/mol. The highest BCUT2D eigenvalue weighted by Crippen LogP contribution is 2.32. The zero-order valence-electron chi connectivity index (χ0n) is 19.8. The number of carbonyl (C=O) groups excluding carboxylic acids is 1. The highest BCUT2D eigenvalue weighted by atomic mass is 32.2. The van der Waals surface area contributed by atoms with Gasteiger partial charge in [-0.2, -0.15) is 4.31 Å². The Labute approximate surface area is 201 Å². The molecule has 4 rings (SSSR count). The summed E-state index contributed by atoms with van der Waals surface area (Å²) in [5.41, 5.74) is 2.06. The molecule has 0 bridgehead atoms. The molecule has 34 heavy (non-hydrogen) atoms. The van der Waals surface area contributed by atoms with E-state index in [0.717, 1.165) is 44.6 Å². The number of anilines is 1. The molecule has 1 N–H and O–H groups in total. The quantitative estimate of drug-likeness (QED) is 0.615. The number of ether oxygens (including phenoxy) is 2. The summed E-state index contributed by atoms with van der Waals surface area (Å²) >= 11 is 0. The second-order valence-corrected chi connectivity index (χ2v) is 10.7. The summed E-state index contributed by atoms with van der Waals surface area (Å²) in [6.07, 6.45) is 1.92. The lowest BCUT2D eigenvalue weighted by Gasteiger charge is -2.31. The average molecular weight is 488 g/mol. The van der Waals surface area contributed by atoms with Gasteiger partial charge in [-0.05, 0) is 62.6 Å². The van der Waals surface area contributed by atoms with Crippen LogP contribution in [0.2, 0.25) is 0 Å². The summed E-state index contributed by atoms with van der Waals surface area (Å²) in [5.74, 6) is 0.00871. The number of nitrogens with zero attached hydrogens (tertiary/aromatic N) is 2. The minimum Gasteiger partial charge on any atom is -0.492 e. The highest BCUT2D eigenvalue weighted by Gasteiger charge is 2.30. The number of morpholine rings is 1. The van der Waals surface area contributed by atoms with E-state index in [0.29, 0.717) is 36.7 Å². The van der Waals surface area contributed by atoms with Gasteiger partial charge < -0.3 is 14.8 Å². The van der Waals surface area contributed by atoms with E-state index in [4.69, 9.17) is 9.47 Å². The summed E-state index contributed by atoms with van der Waals surface area (Å²) in [7, 11) is -3.69. The van der Waals surface area contributed by atoms with Crippen molar-refractivity contribution in [3.63, 3.8) is 0 Å². The van der Waals surface area contributed by atoms with Gasteiger partial charge in [0, 0.05) is 44.0 Å². The van der Waals surface area contributed by atoms with Crippen LogP contribution in [-0.4, -0.2) is 69.0 Å². The van der Waals surface area contributed by atoms with Crippen LogP contribution in [-0.2, 0) is 21.3 Å². The molecule has 1 atom stereocenters. The molecule has 0 aromatic heterocycles. The highest BCUT2D eigenvalue weighted by molar-refractivity contribution is 7.89. The maximum Gasteiger partial charge on any atom is 0.255 e. The second kappa shape index (κ2) is 10.9. The fourth-order valence-electron chi connectivity index (χ4n) is 4.39. The maximum atomic E-state index is 13.2. The Morgan fingerprint density at radius 1 is 1.12 bits per heavy atom. The van der Waals surface area contributed by atoms with Crippen molar-refractivity contribution in [2.75, 3.05) is 44.7 Å². The Kier molecular flexibility index (Phi) is 7.88. The minimum atomic E-state index is -3.69. The lowest BCUT2D eigenvalue weighted by atomic mass is 10.1. The third-order valence-corrected chi connectivity index (χ3v) is 8.05. The van der Waals surface area contributed by atoms with Crippen molar-refractivity contribution in [1.82, 2.24) is 9.21 Å². The van der Waals surface area contributed by atoms with Gasteiger partial charge in [-0.1, -0.05) is 12.1 Å². The molecule has 0 saturated carbocycles. The molecule has 0 radical (unpaired) electrons. The van der Waals surface area contributed by atoms with Gasteiger partial charge in [-0.15, -0.1) is 0 Å². The number of carbonyl (C=O) groups is 1. The molecule has 2 aliphatic heterocycles. The van der Waals surface area contributed by atoms with Crippen molar-refractivity contribution in [2.24, 2.45) is 0 Å². The summed E-state index contributed by atoms with van der Waals surface area (Å²) in [4.78, 5) is 15.3. The Morgan fingerprint density at radius 3 is 2.53 bits per heavy atom. The van der Waals surface area contributed by atoms with Crippen LogP contribution in [0.4, 0.5) is 5.69 Å². The van der Waals surface area contributed by atoms with E-state index < -0.39 is 10.0 Å². The number of hydrogen-bond acceptors (Lipinski definition) is 6. The Bertz CT molecular complexity index is 1100. The van der Waals surface area contributed by atoms with Gasteiger partial charge in [0.05, 0.1) is 19.3 Å². The van der Waals surface area contributed by atoms with Crippen LogP contribution in [0.1, 0.15) is 42.6 Å². The Balaban J connectivity index is 1.47. The van der Waals surface area contributed by atoms with Gasteiger partial charge in [0.15, 0.2) is 0 Å². The van der Waals surface area contributed by atoms with E-state index in [1.54, 1.807) is 24.3 Å². The summed E-state index contributed by atoms with van der Waals surface area (Å²) in [5, 5.41) is 2.83. The normalized spacial score (nSPS) is 19.8. The molecular formula is C25H33N3O5S. The second-order valence-electron chi connectivity index (χ2n) is 8.77. The van der Waals surface area contributed by atoms with Crippen molar-refractivity contribution < 1.29 is 22.7 Å². The number of sulfonamides is 1. The molecule has 2 saturated heterocycles. The first-order chi connectivity index (χ1) is 16.4. The molecule has 9 heteroatoms. The average Bonchev–Trinajstić information content (AvgIpc) is 3.37. The fourth-order valence-corrected chi connectivity index (χ4v) is 6.06. The number of nitrogens with one attached hydrogen (secondary N) is 1. The number of rotatable bonds is 8. The van der Waals surface area contributed by atoms with Crippen LogP contribution in [0, 0.1) is 0 Å². The molecule has 2 aromatic carbocycles. The van der Waals surface area contributed by atoms with Gasteiger partial charge in [0.2, 0.25) is 10.0 Å². The smallest absolute Gasteiger partial charge is 0.255 e. The first kappa shape index (κ1) is 24.7. The van der Waals surface area contributed by atoms with Crippen molar-refractivity contribution in [1.29, 1.82) is 0 Å². The van der Waals surface area contributed by atoms with Gasteiger partial charge in [-0.25, -0.2) is 8.42 Å². The van der Waals surface area contributed by atoms with Crippen LogP contribution in [0.25, 0.3) is 0 Å². The van der Waals surface area contributed by atoms with Crippen LogP contribution in [0.15, 0.2) is 47.4 Å². The van der Waals surface area contributed by atoms with Crippen molar-refractivity contribution in [3.05, 3.63) is 53.6 Å². The van der Waals surface area contributed by atoms with Crippen LogP contribution < -0.4 is 10.1 Å². The summed E-state index contributed by atoms with van der Waals surface area (Å²) in [6.45, 7) is 8.57. The molecule has 1 unspecified atom stereocenters. The van der Waals surface area contributed by atoms with E-state index in [-0.39, 0.29) is 16.9 Å². The molecule has 2 aromatic rings. The first-order valence-corrected chi connectivity index (χ1v) is 13.3. The van der Waals surface area contributed by atoms with Gasteiger partial charge >= 0.3 is 0 Å². The Hall–Kier alpha value is -2.46. The molecule has 0 spiro atoms. The van der Waals surface area contributed by atoms with E-state index in [2.05, 4.69) is 17.1 Å². The molecule has 2 heterocycles. The minimum absolute atomic E-state index is 0.0872. The van der Waals surface area contributed by atoms with Gasteiger partial charge in [-0.3, -0.25) is 9.69 Å². The van der Waals surface area contributed by atoms with E-state index >= 15 is 0 Å². The monoisotopic (exact) mass is 487 g/mol. The standard InChI is InChI=1S/C25H33N3O5S/c1-3-32-23-11-10-22(16-24(23)34(30,31)28-12-4-5-13-28)26-25(29)21-8-6-20(7-9-21)18-27-14-15-33-19(2)17-27/h6-11,16,19H,3-5,12-15,17-18H2,1-2H3,(H,26,29). The molecule has 1 amide bonds. The van der Waals surface area contributed by atoms with E-state index in [1.807, 2.05) is 19.1 Å². The van der Waals surface area contributed by atoms with Crippen molar-refractivity contribution >= 4 is 21.6 Å². The first-order valence-electron chi connectivity index (χ1n) is 11.9. The Morgan fingerprint density at radius 2 is 1.85 bits per heavy atom. The molecule has 0 aliphatic carbocycles. The molecule has 8 nitrogen and oxygen atoms in total. The van der Waals surface area contributed by atoms with Gasteiger partial charge in [0.1, 0.15) is 10.6 Å². The zero-order chi connectivity index (χ0) is 24.1. The van der Waals surface area contributed by atoms with Crippen LogP contribution >= 0.6 is 0 Å². The summed E-state index contributed by atoms with van der Waals surface area (Å²) < 4.78 is 39.0. The largest absolute Gasteiger partial charge is 0.492 e. The number of hydrogen-bond donors (Lipinski definition) is 1.